The van der Waals surface area contributed by atoms with E-state index in [-0.39, 0.29) is 0 Å². The summed E-state index contributed by atoms with van der Waals surface area (Å²) in [4.78, 5) is 9.00. The lowest BCUT2D eigenvalue weighted by Crippen LogP contribution is -2.17. The summed E-state index contributed by atoms with van der Waals surface area (Å²) in [5.74, 6) is 0.858. The van der Waals surface area contributed by atoms with E-state index in [1.807, 2.05) is 31.4 Å². The lowest BCUT2D eigenvalue weighted by molar-refractivity contribution is 0.299. The molecule has 5 heteroatoms. The Hall–Kier alpha value is -1.46. The molecule has 4 nitrogen and oxygen atoms in total. The average Bonchev–Trinajstić information content (AvgIpc) is 3.17. The molecule has 0 aliphatic heterocycles. The number of thiazole rings is 1. The average molecular weight is 289 g/mol. The van der Waals surface area contributed by atoms with E-state index in [1.165, 1.54) is 12.8 Å². The molecule has 1 N–H and O–H groups in total. The minimum absolute atomic E-state index is 0.514. The van der Waals surface area contributed by atoms with Gasteiger partial charge in [0, 0.05) is 29.4 Å². The highest BCUT2D eigenvalue weighted by Gasteiger charge is 2.21. The topological polar surface area (TPSA) is 47.0 Å². The highest BCUT2D eigenvalue weighted by molar-refractivity contribution is 7.09. The van der Waals surface area contributed by atoms with Crippen LogP contribution in [0.25, 0.3) is 0 Å². The van der Waals surface area contributed by atoms with Crippen molar-refractivity contribution in [2.75, 3.05) is 0 Å². The summed E-state index contributed by atoms with van der Waals surface area (Å²) in [6.07, 6.45) is 2.56. The Kier molecular flexibility index (Phi) is 3.98. The Morgan fingerprint density at radius 2 is 2.10 bits per heavy atom. The summed E-state index contributed by atoms with van der Waals surface area (Å²) >= 11 is 1.63. The first-order valence-corrected chi connectivity index (χ1v) is 7.82. The molecule has 3 rings (SSSR count). The van der Waals surface area contributed by atoms with Crippen molar-refractivity contribution in [1.82, 2.24) is 15.3 Å². The Balaban J connectivity index is 1.66. The van der Waals surface area contributed by atoms with Gasteiger partial charge in [-0.3, -0.25) is 4.98 Å². The molecule has 20 heavy (non-hydrogen) atoms. The standard InChI is InChI=1S/C15H19N3OS/c1-10-3-6-14(13(17-10)7-16-12-4-5-12)19-8-15-18-11(2)9-20-15/h3,6,9,12,16H,4-5,7-8H2,1-2H3. The fourth-order valence-electron chi connectivity index (χ4n) is 1.99. The van der Waals surface area contributed by atoms with Crippen molar-refractivity contribution >= 4 is 11.3 Å². The molecule has 0 aromatic carbocycles. The lowest BCUT2D eigenvalue weighted by Gasteiger charge is -2.11. The fourth-order valence-corrected chi connectivity index (χ4v) is 2.68. The number of aromatic nitrogens is 2. The van der Waals surface area contributed by atoms with Gasteiger partial charge in [-0.05, 0) is 38.8 Å². The predicted octanol–water partition coefficient (Wildman–Crippen LogP) is 2.99. The van der Waals surface area contributed by atoms with Crippen molar-refractivity contribution < 1.29 is 4.74 Å². The van der Waals surface area contributed by atoms with Gasteiger partial charge in [0.15, 0.2) is 0 Å². The van der Waals surface area contributed by atoms with E-state index in [4.69, 9.17) is 4.74 Å². The Morgan fingerprint density at radius 1 is 1.25 bits per heavy atom. The normalized spacial score (nSPS) is 14.5. The maximum atomic E-state index is 5.89. The van der Waals surface area contributed by atoms with E-state index in [0.29, 0.717) is 12.6 Å². The molecule has 1 aliphatic carbocycles. The minimum Gasteiger partial charge on any atom is -0.484 e. The Bertz CT molecular complexity index is 593. The first-order valence-electron chi connectivity index (χ1n) is 6.94. The van der Waals surface area contributed by atoms with Crippen LogP contribution < -0.4 is 10.1 Å². The predicted molar refractivity (Wildman–Crippen MR) is 80.0 cm³/mol. The van der Waals surface area contributed by atoms with E-state index in [9.17, 15) is 0 Å². The molecule has 0 atom stereocenters. The summed E-state index contributed by atoms with van der Waals surface area (Å²) in [5, 5.41) is 6.53. The van der Waals surface area contributed by atoms with Gasteiger partial charge < -0.3 is 10.1 Å². The summed E-state index contributed by atoms with van der Waals surface area (Å²) in [5.41, 5.74) is 3.06. The number of nitrogens with one attached hydrogen (secondary N) is 1. The van der Waals surface area contributed by atoms with Crippen LogP contribution in [0.5, 0.6) is 5.75 Å². The molecule has 1 aliphatic rings. The maximum Gasteiger partial charge on any atom is 0.142 e. The number of aryl methyl sites for hydroxylation is 2. The van der Waals surface area contributed by atoms with Gasteiger partial charge in [0.25, 0.3) is 0 Å². The molecular formula is C15H19N3OS. The molecule has 2 aromatic rings. The van der Waals surface area contributed by atoms with Crippen molar-refractivity contribution in [2.45, 2.75) is 45.9 Å². The van der Waals surface area contributed by atoms with Gasteiger partial charge in [0.05, 0.1) is 5.69 Å². The van der Waals surface area contributed by atoms with Crippen molar-refractivity contribution in [1.29, 1.82) is 0 Å². The van der Waals surface area contributed by atoms with Crippen molar-refractivity contribution in [3.05, 3.63) is 39.6 Å². The smallest absolute Gasteiger partial charge is 0.142 e. The van der Waals surface area contributed by atoms with Gasteiger partial charge in [-0.2, -0.15) is 0 Å². The molecule has 0 spiro atoms. The third-order valence-electron chi connectivity index (χ3n) is 3.22. The van der Waals surface area contributed by atoms with E-state index in [2.05, 4.69) is 15.3 Å². The molecule has 2 heterocycles. The molecular weight excluding hydrogens is 270 g/mol. The second-order valence-corrected chi connectivity index (χ2v) is 6.17. The molecule has 2 aromatic heterocycles. The summed E-state index contributed by atoms with van der Waals surface area (Å²) in [7, 11) is 0. The number of rotatable bonds is 6. The van der Waals surface area contributed by atoms with Crippen molar-refractivity contribution in [3.63, 3.8) is 0 Å². The van der Waals surface area contributed by atoms with Gasteiger partial charge in [0.2, 0.25) is 0 Å². The molecule has 106 valence electrons. The zero-order chi connectivity index (χ0) is 13.9. The Morgan fingerprint density at radius 3 is 2.80 bits per heavy atom. The van der Waals surface area contributed by atoms with Crippen LogP contribution in [0.2, 0.25) is 0 Å². The van der Waals surface area contributed by atoms with E-state index in [1.54, 1.807) is 11.3 Å². The van der Waals surface area contributed by atoms with Crippen LogP contribution in [0.1, 0.15) is 34.9 Å². The van der Waals surface area contributed by atoms with Crippen LogP contribution in [0, 0.1) is 13.8 Å². The lowest BCUT2D eigenvalue weighted by atomic mass is 10.3. The number of ether oxygens (including phenoxy) is 1. The minimum atomic E-state index is 0.514. The monoisotopic (exact) mass is 289 g/mol. The zero-order valence-electron chi connectivity index (χ0n) is 11.8. The van der Waals surface area contributed by atoms with Crippen LogP contribution in [0.15, 0.2) is 17.5 Å². The first-order chi connectivity index (χ1) is 9.70. The fraction of sp³-hybridized carbons (Fsp3) is 0.467. The van der Waals surface area contributed by atoms with Gasteiger partial charge in [-0.1, -0.05) is 0 Å². The quantitative estimate of drug-likeness (QED) is 0.888. The largest absolute Gasteiger partial charge is 0.484 e. The van der Waals surface area contributed by atoms with Gasteiger partial charge in [-0.25, -0.2) is 4.98 Å². The van der Waals surface area contributed by atoms with Crippen LogP contribution in [-0.4, -0.2) is 16.0 Å². The summed E-state index contributed by atoms with van der Waals surface area (Å²) in [6, 6.07) is 4.67. The molecule has 0 bridgehead atoms. The molecule has 1 saturated carbocycles. The number of nitrogens with zero attached hydrogens (tertiary/aromatic N) is 2. The zero-order valence-corrected chi connectivity index (χ0v) is 12.7. The van der Waals surface area contributed by atoms with E-state index >= 15 is 0 Å². The van der Waals surface area contributed by atoms with Gasteiger partial charge in [0.1, 0.15) is 17.4 Å². The second-order valence-electron chi connectivity index (χ2n) is 5.22. The molecule has 0 amide bonds. The highest BCUT2D eigenvalue weighted by Crippen LogP contribution is 2.23. The molecule has 0 radical (unpaired) electrons. The number of hydrogen-bond donors (Lipinski definition) is 1. The van der Waals surface area contributed by atoms with Crippen LogP contribution in [0.3, 0.4) is 0 Å². The van der Waals surface area contributed by atoms with Gasteiger partial charge in [-0.15, -0.1) is 11.3 Å². The van der Waals surface area contributed by atoms with Crippen LogP contribution >= 0.6 is 11.3 Å². The highest BCUT2D eigenvalue weighted by atomic mass is 32.1. The second kappa shape index (κ2) is 5.89. The summed E-state index contributed by atoms with van der Waals surface area (Å²) in [6.45, 7) is 5.30. The van der Waals surface area contributed by atoms with E-state index < -0.39 is 0 Å². The third kappa shape index (κ3) is 3.55. The molecule has 1 fully saturated rings. The Labute approximate surface area is 123 Å². The molecule has 0 saturated heterocycles. The summed E-state index contributed by atoms with van der Waals surface area (Å²) < 4.78 is 5.89. The SMILES string of the molecule is Cc1csc(COc2ccc(C)nc2CNC2CC2)n1. The van der Waals surface area contributed by atoms with Gasteiger partial charge >= 0.3 is 0 Å². The number of pyridine rings is 1. The van der Waals surface area contributed by atoms with Crippen LogP contribution in [0.4, 0.5) is 0 Å². The van der Waals surface area contributed by atoms with Crippen LogP contribution in [-0.2, 0) is 13.2 Å². The molecule has 0 unspecified atom stereocenters. The maximum absolute atomic E-state index is 5.89. The first kappa shape index (κ1) is 13.5. The number of hydrogen-bond acceptors (Lipinski definition) is 5. The van der Waals surface area contributed by atoms with Crippen molar-refractivity contribution in [3.8, 4) is 5.75 Å². The van der Waals surface area contributed by atoms with E-state index in [0.717, 1.165) is 34.4 Å². The van der Waals surface area contributed by atoms with Crippen molar-refractivity contribution in [2.24, 2.45) is 0 Å². The third-order valence-corrected chi connectivity index (χ3v) is 4.17.